The number of oxime groups is 1. The van der Waals surface area contributed by atoms with Crippen LogP contribution in [0.3, 0.4) is 0 Å². The Morgan fingerprint density at radius 1 is 1.24 bits per heavy atom. The first kappa shape index (κ1) is 20.3. The second-order valence-electron chi connectivity index (χ2n) is 5.93. The molecule has 0 aliphatic heterocycles. The second kappa shape index (κ2) is 9.70. The van der Waals surface area contributed by atoms with Crippen LogP contribution in [0, 0.1) is 0 Å². The van der Waals surface area contributed by atoms with Gasteiger partial charge in [0.1, 0.15) is 11.7 Å². The highest BCUT2D eigenvalue weighted by molar-refractivity contribution is 6.31. The molecule has 1 heterocycles. The molecule has 1 aromatic heterocycles. The van der Waals surface area contributed by atoms with E-state index in [0.717, 1.165) is 6.42 Å². The average molecular weight is 416 g/mol. The molecule has 8 nitrogen and oxygen atoms in total. The van der Waals surface area contributed by atoms with Gasteiger partial charge in [0.05, 0.1) is 12.2 Å². The molecule has 2 aromatic carbocycles. The van der Waals surface area contributed by atoms with Crippen molar-refractivity contribution in [2.24, 2.45) is 5.16 Å². The number of anilines is 1. The van der Waals surface area contributed by atoms with Gasteiger partial charge in [-0.2, -0.15) is 0 Å². The summed E-state index contributed by atoms with van der Waals surface area (Å²) in [5, 5.41) is 6.85. The van der Waals surface area contributed by atoms with Gasteiger partial charge < -0.3 is 19.3 Å². The Morgan fingerprint density at radius 3 is 2.79 bits per heavy atom. The molecule has 9 heteroatoms. The summed E-state index contributed by atoms with van der Waals surface area (Å²) in [5.74, 6) is -0.579. The Bertz CT molecular complexity index is 1030. The van der Waals surface area contributed by atoms with Gasteiger partial charge in [-0.05, 0) is 48.9 Å². The summed E-state index contributed by atoms with van der Waals surface area (Å²) < 4.78 is 10.5. The molecular formula is C20H18ClN3O5. The van der Waals surface area contributed by atoms with Crippen molar-refractivity contribution in [3.63, 3.8) is 0 Å². The average Bonchev–Trinajstić information content (AvgIpc) is 3.12. The van der Waals surface area contributed by atoms with Gasteiger partial charge in [-0.15, -0.1) is 0 Å². The summed E-state index contributed by atoms with van der Waals surface area (Å²) in [7, 11) is 0. The maximum Gasteiger partial charge on any atom is 0.338 e. The Kier molecular flexibility index (Phi) is 6.80. The minimum atomic E-state index is -0.409. The lowest BCUT2D eigenvalue weighted by atomic mass is 10.2. The molecule has 3 aromatic rings. The molecule has 0 unspecified atom stereocenters. The number of carbonyl (C=O) groups excluding carboxylic acids is 2. The van der Waals surface area contributed by atoms with Gasteiger partial charge in [-0.3, -0.25) is 4.79 Å². The number of benzene rings is 2. The summed E-state index contributed by atoms with van der Waals surface area (Å²) in [6.45, 7) is 1.98. The second-order valence-corrected chi connectivity index (χ2v) is 6.37. The van der Waals surface area contributed by atoms with Crippen LogP contribution in [0.4, 0.5) is 5.69 Å². The molecule has 0 spiro atoms. The van der Waals surface area contributed by atoms with Crippen molar-refractivity contribution >= 4 is 46.5 Å². The number of nitrogens with zero attached hydrogens (tertiary/aromatic N) is 2. The first-order chi connectivity index (χ1) is 14.0. The fourth-order valence-corrected chi connectivity index (χ4v) is 2.48. The summed E-state index contributed by atoms with van der Waals surface area (Å²) in [5.41, 5.74) is 2.09. The number of rotatable bonds is 8. The van der Waals surface area contributed by atoms with Crippen molar-refractivity contribution in [1.29, 1.82) is 0 Å². The molecule has 0 saturated heterocycles. The molecule has 0 atom stereocenters. The van der Waals surface area contributed by atoms with Gasteiger partial charge in [-0.25, -0.2) is 9.78 Å². The Hall–Kier alpha value is -3.39. The van der Waals surface area contributed by atoms with Gasteiger partial charge in [0.15, 0.2) is 12.2 Å². The molecular weight excluding hydrogens is 398 g/mol. The zero-order valence-corrected chi connectivity index (χ0v) is 16.3. The monoisotopic (exact) mass is 415 g/mol. The van der Waals surface area contributed by atoms with Gasteiger partial charge in [0.25, 0.3) is 5.91 Å². The van der Waals surface area contributed by atoms with E-state index in [1.54, 1.807) is 42.5 Å². The number of nitrogens with one attached hydrogen (secondary N) is 1. The lowest BCUT2D eigenvalue weighted by Crippen LogP contribution is -2.17. The van der Waals surface area contributed by atoms with Crippen LogP contribution in [0.15, 0.2) is 52.0 Å². The maximum absolute atomic E-state index is 11.9. The van der Waals surface area contributed by atoms with Gasteiger partial charge >= 0.3 is 5.97 Å². The quantitative estimate of drug-likeness (QED) is 0.338. The van der Waals surface area contributed by atoms with Crippen LogP contribution < -0.4 is 5.32 Å². The fraction of sp³-hybridized carbons (Fsp3) is 0.200. The molecule has 0 saturated carbocycles. The van der Waals surface area contributed by atoms with Crippen LogP contribution in [-0.2, 0) is 14.4 Å². The van der Waals surface area contributed by atoms with E-state index in [0.29, 0.717) is 34.0 Å². The number of fused-ring (bicyclic) bond motifs is 1. The number of aromatic nitrogens is 1. The third-order valence-corrected chi connectivity index (χ3v) is 3.88. The molecule has 1 amide bonds. The Balaban J connectivity index is 1.46. The van der Waals surface area contributed by atoms with Crippen molar-refractivity contribution in [3.8, 4) is 0 Å². The highest BCUT2D eigenvalue weighted by Gasteiger charge is 2.08. The van der Waals surface area contributed by atoms with E-state index in [2.05, 4.69) is 15.5 Å². The van der Waals surface area contributed by atoms with Gasteiger partial charge in [0.2, 0.25) is 5.89 Å². The van der Waals surface area contributed by atoms with Crippen LogP contribution >= 0.6 is 11.6 Å². The minimum absolute atomic E-state index is 0.230. The Morgan fingerprint density at radius 2 is 2.03 bits per heavy atom. The van der Waals surface area contributed by atoms with E-state index < -0.39 is 11.9 Å². The summed E-state index contributed by atoms with van der Waals surface area (Å²) in [6, 6.07) is 11.4. The zero-order chi connectivity index (χ0) is 20.6. The number of halogens is 1. The molecule has 3 rings (SSSR count). The van der Waals surface area contributed by atoms with Crippen LogP contribution in [0.5, 0.6) is 0 Å². The highest BCUT2D eigenvalue weighted by atomic mass is 35.5. The SMILES string of the molecule is CCCOC(=O)c1ccc(NC(=O)CON=Cc2nc3cc(Cl)ccc3o2)cc1. The first-order valence-electron chi connectivity index (χ1n) is 8.83. The van der Waals surface area contributed by atoms with Crippen LogP contribution in [0.1, 0.15) is 29.6 Å². The van der Waals surface area contributed by atoms with E-state index in [1.165, 1.54) is 6.21 Å². The van der Waals surface area contributed by atoms with Crippen LogP contribution in [0.25, 0.3) is 11.1 Å². The van der Waals surface area contributed by atoms with Gasteiger partial charge in [0, 0.05) is 10.7 Å². The summed E-state index contributed by atoms with van der Waals surface area (Å²) in [4.78, 5) is 32.8. The predicted octanol–water partition coefficient (Wildman–Crippen LogP) is 4.04. The van der Waals surface area contributed by atoms with Gasteiger partial charge in [-0.1, -0.05) is 23.7 Å². The number of hydrogen-bond acceptors (Lipinski definition) is 7. The lowest BCUT2D eigenvalue weighted by Gasteiger charge is -2.06. The highest BCUT2D eigenvalue weighted by Crippen LogP contribution is 2.19. The number of oxazole rings is 1. The fourth-order valence-electron chi connectivity index (χ4n) is 2.32. The Labute approximate surface area is 171 Å². The molecule has 0 radical (unpaired) electrons. The van der Waals surface area contributed by atoms with Crippen molar-refractivity contribution in [2.75, 3.05) is 18.5 Å². The molecule has 0 aliphatic rings. The zero-order valence-electron chi connectivity index (χ0n) is 15.6. The maximum atomic E-state index is 11.9. The minimum Gasteiger partial charge on any atom is -0.462 e. The van der Waals surface area contributed by atoms with Crippen LogP contribution in [-0.4, -0.2) is 36.3 Å². The third kappa shape index (κ3) is 5.79. The van der Waals surface area contributed by atoms with E-state index in [4.69, 9.17) is 25.6 Å². The molecule has 150 valence electrons. The standard InChI is InChI=1S/C20H18ClN3O5/c1-2-9-27-20(26)13-3-6-15(7-4-13)23-18(25)12-28-22-11-19-24-16-10-14(21)5-8-17(16)29-19/h3-8,10-11H,2,9,12H2,1H3,(H,23,25). The molecule has 0 bridgehead atoms. The summed E-state index contributed by atoms with van der Waals surface area (Å²) in [6.07, 6.45) is 2.01. The smallest absolute Gasteiger partial charge is 0.338 e. The molecule has 0 fully saturated rings. The van der Waals surface area contributed by atoms with E-state index in [-0.39, 0.29) is 12.5 Å². The van der Waals surface area contributed by atoms with Crippen molar-refractivity contribution in [2.45, 2.75) is 13.3 Å². The number of esters is 1. The van der Waals surface area contributed by atoms with Crippen molar-refractivity contribution < 1.29 is 23.6 Å². The van der Waals surface area contributed by atoms with Crippen molar-refractivity contribution in [1.82, 2.24) is 4.98 Å². The van der Waals surface area contributed by atoms with Crippen LogP contribution in [0.2, 0.25) is 5.02 Å². The predicted molar refractivity (Wildman–Crippen MR) is 108 cm³/mol. The van der Waals surface area contributed by atoms with E-state index >= 15 is 0 Å². The molecule has 0 aliphatic carbocycles. The lowest BCUT2D eigenvalue weighted by molar-refractivity contribution is -0.120. The molecule has 29 heavy (non-hydrogen) atoms. The summed E-state index contributed by atoms with van der Waals surface area (Å²) >= 11 is 5.89. The topological polar surface area (TPSA) is 103 Å². The third-order valence-electron chi connectivity index (χ3n) is 3.64. The first-order valence-corrected chi connectivity index (χ1v) is 9.21. The van der Waals surface area contributed by atoms with E-state index in [1.807, 2.05) is 6.92 Å². The number of hydrogen-bond donors (Lipinski definition) is 1. The number of ether oxygens (including phenoxy) is 1. The molecule has 1 N–H and O–H groups in total. The van der Waals surface area contributed by atoms with E-state index in [9.17, 15) is 9.59 Å². The number of amides is 1. The van der Waals surface area contributed by atoms with Crippen molar-refractivity contribution in [3.05, 3.63) is 58.9 Å². The normalized spacial score (nSPS) is 11.0. The number of carbonyl (C=O) groups is 2. The largest absolute Gasteiger partial charge is 0.462 e.